The summed E-state index contributed by atoms with van der Waals surface area (Å²) in [4.78, 5) is 0. The van der Waals surface area contributed by atoms with Crippen molar-refractivity contribution in [2.45, 2.75) is 5.51 Å². The van der Waals surface area contributed by atoms with Crippen molar-refractivity contribution in [3.05, 3.63) is 35.1 Å². The fourth-order valence-corrected chi connectivity index (χ4v) is 2.50. The topological polar surface area (TPSA) is 61.8 Å². The van der Waals surface area contributed by atoms with Gasteiger partial charge < -0.3 is 13.7 Å². The number of fused-ring (bicyclic) bond motifs is 1. The maximum atomic E-state index is 13.6. The molecule has 0 atom stereocenters. The average molecular weight is 389 g/mol. The van der Waals surface area contributed by atoms with Crippen LogP contribution in [0.25, 0.3) is 10.8 Å². The van der Waals surface area contributed by atoms with E-state index in [0.717, 1.165) is 12.1 Å². The Bertz CT molecular complexity index is 867. The normalized spacial score (nSPS) is 12.4. The van der Waals surface area contributed by atoms with E-state index in [1.165, 1.54) is 19.2 Å². The van der Waals surface area contributed by atoms with E-state index in [0.29, 0.717) is 0 Å². The highest BCUT2D eigenvalue weighted by Gasteiger charge is 2.48. The van der Waals surface area contributed by atoms with Gasteiger partial charge in [0.1, 0.15) is 11.6 Å². The number of alkyl halides is 3. The van der Waals surface area contributed by atoms with Crippen LogP contribution in [-0.2, 0) is 14.9 Å². The molecule has 0 saturated heterocycles. The Balaban J connectivity index is 2.66. The van der Waals surface area contributed by atoms with Gasteiger partial charge in [0.2, 0.25) is 0 Å². The molecule has 0 amide bonds. The van der Waals surface area contributed by atoms with E-state index in [4.69, 9.17) is 16.3 Å². The Labute approximate surface area is 138 Å². The van der Waals surface area contributed by atoms with E-state index in [1.54, 1.807) is 0 Å². The van der Waals surface area contributed by atoms with Gasteiger partial charge in [-0.15, -0.1) is 0 Å². The standard InChI is InChI=1S/C13H9ClF4O5S/c1-21-6-22-8-4-7-2-3-9(15)12(14)11(7)10(5-8)23-24(19,20)13(16,17)18/h2-5H,6H2,1H3. The summed E-state index contributed by atoms with van der Waals surface area (Å²) in [6.45, 7) is -0.258. The lowest BCUT2D eigenvalue weighted by atomic mass is 10.1. The molecule has 0 aromatic heterocycles. The molecule has 0 aliphatic carbocycles. The van der Waals surface area contributed by atoms with Crippen molar-refractivity contribution in [3.63, 3.8) is 0 Å². The third kappa shape index (κ3) is 3.65. The Morgan fingerprint density at radius 1 is 1.21 bits per heavy atom. The molecule has 0 bridgehead atoms. The second kappa shape index (κ2) is 6.61. The minimum Gasteiger partial charge on any atom is -0.467 e. The Morgan fingerprint density at radius 3 is 2.46 bits per heavy atom. The van der Waals surface area contributed by atoms with Crippen LogP contribution in [0, 0.1) is 5.82 Å². The summed E-state index contributed by atoms with van der Waals surface area (Å²) in [6, 6.07) is 4.30. The lowest BCUT2D eigenvalue weighted by Gasteiger charge is -2.14. The molecule has 11 heteroatoms. The number of ether oxygens (including phenoxy) is 2. The molecule has 0 saturated carbocycles. The first-order valence-corrected chi connectivity index (χ1v) is 7.89. The molecule has 2 rings (SSSR count). The van der Waals surface area contributed by atoms with E-state index in [-0.39, 0.29) is 23.3 Å². The summed E-state index contributed by atoms with van der Waals surface area (Å²) in [5.41, 5.74) is -5.66. The van der Waals surface area contributed by atoms with Gasteiger partial charge in [-0.2, -0.15) is 21.6 Å². The summed E-state index contributed by atoms with van der Waals surface area (Å²) in [5, 5.41) is -0.810. The van der Waals surface area contributed by atoms with E-state index < -0.39 is 32.2 Å². The van der Waals surface area contributed by atoms with Crippen molar-refractivity contribution in [3.8, 4) is 11.5 Å². The minimum absolute atomic E-state index is 0.0561. The van der Waals surface area contributed by atoms with E-state index in [1.807, 2.05) is 0 Å². The molecular formula is C13H9ClF4O5S. The molecule has 0 N–H and O–H groups in total. The van der Waals surface area contributed by atoms with Crippen LogP contribution in [0.3, 0.4) is 0 Å². The first-order valence-electron chi connectivity index (χ1n) is 6.11. The molecule has 0 heterocycles. The predicted octanol–water partition coefficient (Wildman–Crippen LogP) is 3.84. The van der Waals surface area contributed by atoms with Gasteiger partial charge in [0.25, 0.3) is 0 Å². The highest BCUT2D eigenvalue weighted by molar-refractivity contribution is 7.88. The van der Waals surface area contributed by atoms with Crippen molar-refractivity contribution < 1.29 is 39.6 Å². The molecule has 24 heavy (non-hydrogen) atoms. The zero-order valence-corrected chi connectivity index (χ0v) is 13.4. The van der Waals surface area contributed by atoms with Crippen LogP contribution in [0.15, 0.2) is 24.3 Å². The first kappa shape index (κ1) is 18.6. The van der Waals surface area contributed by atoms with Crippen molar-refractivity contribution in [2.24, 2.45) is 0 Å². The molecule has 5 nitrogen and oxygen atoms in total. The van der Waals surface area contributed by atoms with Crippen LogP contribution in [0.1, 0.15) is 0 Å². The fraction of sp³-hybridized carbons (Fsp3) is 0.231. The first-order chi connectivity index (χ1) is 11.1. The van der Waals surface area contributed by atoms with Gasteiger partial charge >= 0.3 is 15.6 Å². The molecule has 0 unspecified atom stereocenters. The summed E-state index contributed by atoms with van der Waals surface area (Å²) < 4.78 is 87.5. The maximum absolute atomic E-state index is 13.6. The Hall–Kier alpha value is -1.78. The van der Waals surface area contributed by atoms with Gasteiger partial charge in [-0.05, 0) is 17.5 Å². The number of hydrogen-bond acceptors (Lipinski definition) is 5. The quantitative estimate of drug-likeness (QED) is 0.337. The molecule has 0 radical (unpaired) electrons. The molecule has 0 aliphatic heterocycles. The predicted molar refractivity (Wildman–Crippen MR) is 77.0 cm³/mol. The third-order valence-corrected chi connectivity index (χ3v) is 4.11. The monoisotopic (exact) mass is 388 g/mol. The highest BCUT2D eigenvalue weighted by atomic mass is 35.5. The summed E-state index contributed by atoms with van der Waals surface area (Å²) in [7, 11) is -4.67. The fourth-order valence-electron chi connectivity index (χ4n) is 1.77. The minimum atomic E-state index is -5.98. The van der Waals surface area contributed by atoms with Crippen molar-refractivity contribution in [1.29, 1.82) is 0 Å². The third-order valence-electron chi connectivity index (χ3n) is 2.77. The summed E-state index contributed by atoms with van der Waals surface area (Å²) in [5.74, 6) is -1.83. The number of hydrogen-bond donors (Lipinski definition) is 0. The van der Waals surface area contributed by atoms with Gasteiger partial charge in [0.15, 0.2) is 12.5 Å². The Kier molecular flexibility index (Phi) is 5.11. The smallest absolute Gasteiger partial charge is 0.467 e. The van der Waals surface area contributed by atoms with Crippen LogP contribution in [0.2, 0.25) is 5.02 Å². The molecule has 2 aromatic rings. The van der Waals surface area contributed by atoms with Gasteiger partial charge in [0.05, 0.1) is 5.02 Å². The van der Waals surface area contributed by atoms with Gasteiger partial charge in [-0.25, -0.2) is 4.39 Å². The van der Waals surface area contributed by atoms with Crippen molar-refractivity contribution in [1.82, 2.24) is 0 Å². The molecule has 132 valence electrons. The average Bonchev–Trinajstić information content (AvgIpc) is 2.47. The van der Waals surface area contributed by atoms with Crippen LogP contribution < -0.4 is 8.92 Å². The summed E-state index contributed by atoms with van der Waals surface area (Å²) in [6.07, 6.45) is 0. The number of rotatable bonds is 5. The maximum Gasteiger partial charge on any atom is 0.534 e. The highest BCUT2D eigenvalue weighted by Crippen LogP contribution is 2.39. The number of benzene rings is 2. The van der Waals surface area contributed by atoms with E-state index in [9.17, 15) is 26.0 Å². The lowest BCUT2D eigenvalue weighted by Crippen LogP contribution is -2.28. The van der Waals surface area contributed by atoms with E-state index in [2.05, 4.69) is 8.92 Å². The van der Waals surface area contributed by atoms with Crippen LogP contribution >= 0.6 is 11.6 Å². The number of methoxy groups -OCH3 is 1. The van der Waals surface area contributed by atoms with Crippen LogP contribution in [-0.4, -0.2) is 27.8 Å². The van der Waals surface area contributed by atoms with Gasteiger partial charge in [0, 0.05) is 18.6 Å². The second-order valence-electron chi connectivity index (χ2n) is 4.41. The zero-order chi connectivity index (χ0) is 18.1. The second-order valence-corrected chi connectivity index (χ2v) is 6.33. The van der Waals surface area contributed by atoms with Crippen molar-refractivity contribution in [2.75, 3.05) is 13.9 Å². The lowest BCUT2D eigenvalue weighted by molar-refractivity contribution is -0.0499. The van der Waals surface area contributed by atoms with Crippen LogP contribution in [0.4, 0.5) is 17.6 Å². The van der Waals surface area contributed by atoms with Gasteiger partial charge in [-0.3, -0.25) is 0 Å². The van der Waals surface area contributed by atoms with Crippen LogP contribution in [0.5, 0.6) is 11.5 Å². The summed E-state index contributed by atoms with van der Waals surface area (Å²) >= 11 is 5.73. The number of halogens is 5. The zero-order valence-electron chi connectivity index (χ0n) is 11.9. The van der Waals surface area contributed by atoms with E-state index >= 15 is 0 Å². The molecule has 0 aliphatic rings. The Morgan fingerprint density at radius 2 is 1.88 bits per heavy atom. The van der Waals surface area contributed by atoms with Gasteiger partial charge in [-0.1, -0.05) is 17.7 Å². The molecular weight excluding hydrogens is 380 g/mol. The molecule has 2 aromatic carbocycles. The van der Waals surface area contributed by atoms with Crippen molar-refractivity contribution >= 4 is 32.5 Å². The molecule has 0 spiro atoms. The largest absolute Gasteiger partial charge is 0.534 e. The molecule has 0 fully saturated rings. The SMILES string of the molecule is COCOc1cc(OS(=O)(=O)C(F)(F)F)c2c(Cl)c(F)ccc2c1.